The van der Waals surface area contributed by atoms with Gasteiger partial charge in [-0.15, -0.1) is 0 Å². The largest absolute Gasteiger partial charge is 0.413 e. The van der Waals surface area contributed by atoms with Gasteiger partial charge in [-0.05, 0) is 11.8 Å². The third-order valence-corrected chi connectivity index (χ3v) is 3.92. The highest BCUT2D eigenvalue weighted by Crippen LogP contribution is 2.59. The van der Waals surface area contributed by atoms with Gasteiger partial charge in [0.25, 0.3) is 0 Å². The van der Waals surface area contributed by atoms with Crippen LogP contribution in [0.1, 0.15) is 0 Å². The Labute approximate surface area is 98.7 Å². The van der Waals surface area contributed by atoms with Crippen molar-refractivity contribution in [2.45, 2.75) is 12.4 Å². The summed E-state index contributed by atoms with van der Waals surface area (Å²) in [5, 5.41) is 0. The molecule has 6 heteroatoms. The molecule has 0 N–H and O–H groups in total. The zero-order valence-electron chi connectivity index (χ0n) is 8.89. The molecule has 0 amide bonds. The van der Waals surface area contributed by atoms with E-state index in [4.69, 9.17) is 0 Å². The van der Waals surface area contributed by atoms with Gasteiger partial charge in [0.2, 0.25) is 0 Å². The highest BCUT2D eigenvalue weighted by atomic mass is 19.4. The molecule has 4 atom stereocenters. The van der Waals surface area contributed by atoms with Crippen LogP contribution in [0.15, 0.2) is 35.5 Å². The van der Waals surface area contributed by atoms with Crippen LogP contribution in [0.3, 0.4) is 0 Å². The molecule has 4 aliphatic carbocycles. The Hall–Kier alpha value is -1.20. The molecular formula is C12H8F6. The first-order valence-corrected chi connectivity index (χ1v) is 5.46. The number of alkyl halides is 6. The predicted molar refractivity (Wildman–Crippen MR) is 51.4 cm³/mol. The summed E-state index contributed by atoms with van der Waals surface area (Å²) in [7, 11) is 0. The van der Waals surface area contributed by atoms with Crippen LogP contribution in [0.25, 0.3) is 0 Å². The molecule has 0 radical (unpaired) electrons. The van der Waals surface area contributed by atoms with Gasteiger partial charge in [-0.3, -0.25) is 0 Å². The zero-order chi connectivity index (χ0) is 13.3. The quantitative estimate of drug-likeness (QED) is 0.459. The average molecular weight is 266 g/mol. The molecule has 0 nitrogen and oxygen atoms in total. The van der Waals surface area contributed by atoms with Crippen molar-refractivity contribution >= 4 is 0 Å². The maximum Gasteiger partial charge on any atom is 0.413 e. The summed E-state index contributed by atoms with van der Waals surface area (Å²) in [5.74, 6) is -3.21. The van der Waals surface area contributed by atoms with Gasteiger partial charge in [-0.2, -0.15) is 26.3 Å². The summed E-state index contributed by atoms with van der Waals surface area (Å²) in [6, 6.07) is 0. The van der Waals surface area contributed by atoms with Gasteiger partial charge in [0, 0.05) is 23.0 Å². The number of hydrogen-bond acceptors (Lipinski definition) is 0. The number of hydrogen-bond donors (Lipinski definition) is 0. The lowest BCUT2D eigenvalue weighted by Crippen LogP contribution is -2.47. The molecule has 4 aliphatic rings. The minimum absolute atomic E-state index is 0.428. The van der Waals surface area contributed by atoms with Crippen molar-refractivity contribution < 1.29 is 26.3 Å². The maximum atomic E-state index is 12.9. The second-order valence-corrected chi connectivity index (χ2v) is 4.80. The summed E-state index contributed by atoms with van der Waals surface area (Å²) in [6.45, 7) is 0. The molecule has 0 saturated carbocycles. The van der Waals surface area contributed by atoms with Gasteiger partial charge in [0.1, 0.15) is 0 Å². The standard InChI is InChI=1S/C12H8F6/c13-11(14,15)9-7-3-4-8(6-2-1-5(6)7)10(9)12(16,17)18/h1-8H/t5?,6?,7-,8?/m0/s1. The smallest absolute Gasteiger partial charge is 0.166 e. The third-order valence-electron chi connectivity index (χ3n) is 3.92. The topological polar surface area (TPSA) is 0 Å². The van der Waals surface area contributed by atoms with Crippen LogP contribution in [0.4, 0.5) is 26.3 Å². The summed E-state index contributed by atoms with van der Waals surface area (Å²) in [5.41, 5.74) is -2.79. The first-order valence-electron chi connectivity index (χ1n) is 5.46. The molecule has 0 fully saturated rings. The van der Waals surface area contributed by atoms with E-state index in [1.54, 1.807) is 12.2 Å². The van der Waals surface area contributed by atoms with Gasteiger partial charge in [0.15, 0.2) is 0 Å². The van der Waals surface area contributed by atoms with Crippen molar-refractivity contribution in [2.75, 3.05) is 0 Å². The van der Waals surface area contributed by atoms with E-state index < -0.39 is 47.2 Å². The molecule has 0 aromatic carbocycles. The zero-order valence-corrected chi connectivity index (χ0v) is 8.89. The number of halogens is 6. The van der Waals surface area contributed by atoms with E-state index in [1.165, 1.54) is 12.2 Å². The summed E-state index contributed by atoms with van der Waals surface area (Å²) >= 11 is 0. The van der Waals surface area contributed by atoms with Crippen molar-refractivity contribution in [3.05, 3.63) is 35.5 Å². The van der Waals surface area contributed by atoms with Crippen molar-refractivity contribution in [3.63, 3.8) is 0 Å². The van der Waals surface area contributed by atoms with Crippen molar-refractivity contribution in [3.8, 4) is 0 Å². The highest BCUT2D eigenvalue weighted by Gasteiger charge is 2.59. The van der Waals surface area contributed by atoms with Crippen LogP contribution >= 0.6 is 0 Å². The van der Waals surface area contributed by atoms with Crippen LogP contribution in [0.2, 0.25) is 0 Å². The van der Waals surface area contributed by atoms with Crippen molar-refractivity contribution in [1.29, 1.82) is 0 Å². The van der Waals surface area contributed by atoms with E-state index in [1.807, 2.05) is 0 Å². The van der Waals surface area contributed by atoms with Crippen LogP contribution in [0, 0.1) is 23.7 Å². The Morgan fingerprint density at radius 2 is 0.944 bits per heavy atom. The first-order chi connectivity index (χ1) is 8.21. The third kappa shape index (κ3) is 1.40. The second kappa shape index (κ2) is 3.22. The Morgan fingerprint density at radius 1 is 0.611 bits per heavy atom. The molecule has 0 aromatic rings. The van der Waals surface area contributed by atoms with E-state index in [9.17, 15) is 26.3 Å². The lowest BCUT2D eigenvalue weighted by atomic mass is 9.55. The Balaban J connectivity index is 2.18. The second-order valence-electron chi connectivity index (χ2n) is 4.80. The molecule has 0 spiro atoms. The average Bonchev–Trinajstić information content (AvgIpc) is 2.12. The number of allylic oxidation sites excluding steroid dienone is 6. The van der Waals surface area contributed by atoms with Gasteiger partial charge in [-0.25, -0.2) is 0 Å². The van der Waals surface area contributed by atoms with E-state index in [0.29, 0.717) is 0 Å². The summed E-state index contributed by atoms with van der Waals surface area (Å²) < 4.78 is 77.3. The molecule has 3 unspecified atom stereocenters. The van der Waals surface area contributed by atoms with Gasteiger partial charge < -0.3 is 0 Å². The summed E-state index contributed by atoms with van der Waals surface area (Å²) in [4.78, 5) is 0. The van der Waals surface area contributed by atoms with E-state index >= 15 is 0 Å². The molecule has 18 heavy (non-hydrogen) atoms. The van der Waals surface area contributed by atoms with Crippen LogP contribution in [0.5, 0.6) is 0 Å². The van der Waals surface area contributed by atoms with E-state index in [-0.39, 0.29) is 0 Å². The fourth-order valence-corrected chi connectivity index (χ4v) is 3.20. The molecule has 0 aliphatic heterocycles. The minimum Gasteiger partial charge on any atom is -0.166 e. The van der Waals surface area contributed by atoms with E-state index in [2.05, 4.69) is 0 Å². The molecule has 0 heterocycles. The van der Waals surface area contributed by atoms with Gasteiger partial charge in [0.05, 0.1) is 0 Å². The van der Waals surface area contributed by atoms with Crippen LogP contribution < -0.4 is 0 Å². The normalized spacial score (nSPS) is 37.9. The molecule has 0 aromatic heterocycles. The van der Waals surface area contributed by atoms with Crippen LogP contribution in [-0.2, 0) is 0 Å². The predicted octanol–water partition coefficient (Wildman–Crippen LogP) is 4.03. The van der Waals surface area contributed by atoms with Gasteiger partial charge >= 0.3 is 12.4 Å². The summed E-state index contributed by atoms with van der Waals surface area (Å²) in [6.07, 6.45) is -4.16. The Kier molecular flexibility index (Phi) is 2.12. The lowest BCUT2D eigenvalue weighted by molar-refractivity contribution is -0.133. The Bertz CT molecular complexity index is 434. The molecule has 0 saturated heterocycles. The monoisotopic (exact) mass is 266 g/mol. The molecule has 4 rings (SSSR count). The lowest BCUT2D eigenvalue weighted by Gasteiger charge is -2.49. The van der Waals surface area contributed by atoms with Crippen molar-refractivity contribution in [1.82, 2.24) is 0 Å². The maximum absolute atomic E-state index is 12.9. The molecule has 98 valence electrons. The Morgan fingerprint density at radius 3 is 1.17 bits per heavy atom. The van der Waals surface area contributed by atoms with Crippen LogP contribution in [-0.4, -0.2) is 12.4 Å². The highest BCUT2D eigenvalue weighted by molar-refractivity contribution is 5.46. The fraction of sp³-hybridized carbons (Fsp3) is 0.500. The molecular weight excluding hydrogens is 258 g/mol. The first kappa shape index (κ1) is 11.9. The van der Waals surface area contributed by atoms with Gasteiger partial charge in [-0.1, -0.05) is 24.3 Å². The van der Waals surface area contributed by atoms with E-state index in [0.717, 1.165) is 0 Å². The minimum atomic E-state index is -4.92. The number of rotatable bonds is 0. The fourth-order valence-electron chi connectivity index (χ4n) is 3.20. The molecule has 2 bridgehead atoms. The van der Waals surface area contributed by atoms with Crippen molar-refractivity contribution in [2.24, 2.45) is 23.7 Å². The SMILES string of the molecule is FC(F)(F)C1=C(C(F)(F)F)[C@H]2C=CC1C1C=CC12.